The van der Waals surface area contributed by atoms with Crippen LogP contribution < -0.4 is 10.6 Å². The van der Waals surface area contributed by atoms with Gasteiger partial charge in [-0.1, -0.05) is 38.5 Å². The molecule has 0 saturated heterocycles. The molecule has 2 aromatic rings. The number of aromatic nitrogens is 2. The number of carbonyl (C=O) groups excluding carboxylic acids is 1. The highest BCUT2D eigenvalue weighted by Gasteiger charge is 2.09. The van der Waals surface area contributed by atoms with Gasteiger partial charge in [-0.25, -0.2) is 0 Å². The molecule has 1 aromatic carbocycles. The lowest BCUT2D eigenvalue weighted by molar-refractivity contribution is 0.0947. The van der Waals surface area contributed by atoms with Gasteiger partial charge in [-0.3, -0.25) is 4.79 Å². The van der Waals surface area contributed by atoms with Crippen molar-refractivity contribution >= 4 is 17.4 Å². The molecule has 0 spiro atoms. The number of amides is 1. The molecule has 0 unspecified atom stereocenters. The highest BCUT2D eigenvalue weighted by atomic mass is 16.1. The molecule has 0 aliphatic carbocycles. The average molecular weight is 312 g/mol. The van der Waals surface area contributed by atoms with E-state index in [0.29, 0.717) is 18.1 Å². The lowest BCUT2D eigenvalue weighted by Crippen LogP contribution is -2.25. The summed E-state index contributed by atoms with van der Waals surface area (Å²) in [7, 11) is 0. The normalized spacial score (nSPS) is 10.4. The first-order valence-corrected chi connectivity index (χ1v) is 8.13. The molecule has 0 fully saturated rings. The molecule has 0 aliphatic rings. The molecule has 0 atom stereocenters. The third kappa shape index (κ3) is 4.52. The number of carbonyl (C=O) groups is 1. The lowest BCUT2D eigenvalue weighted by atomic mass is 10.1. The summed E-state index contributed by atoms with van der Waals surface area (Å²) in [6.07, 6.45) is 2.95. The SMILES string of the molecule is CCCCNC(=O)c1ccc(Nc2c(C)cccc2CC)nn1. The second-order valence-corrected chi connectivity index (χ2v) is 5.50. The van der Waals surface area contributed by atoms with Crippen molar-refractivity contribution in [3.63, 3.8) is 0 Å². The van der Waals surface area contributed by atoms with Crippen LogP contribution in [0.3, 0.4) is 0 Å². The summed E-state index contributed by atoms with van der Waals surface area (Å²) in [4.78, 5) is 11.9. The summed E-state index contributed by atoms with van der Waals surface area (Å²) < 4.78 is 0. The van der Waals surface area contributed by atoms with E-state index in [4.69, 9.17) is 0 Å². The summed E-state index contributed by atoms with van der Waals surface area (Å²) in [5, 5.41) is 14.3. The minimum absolute atomic E-state index is 0.178. The van der Waals surface area contributed by atoms with Crippen LogP contribution in [0.25, 0.3) is 0 Å². The molecule has 2 N–H and O–H groups in total. The molecule has 1 aromatic heterocycles. The summed E-state index contributed by atoms with van der Waals surface area (Å²) in [5.74, 6) is 0.460. The average Bonchev–Trinajstić information content (AvgIpc) is 2.57. The summed E-state index contributed by atoms with van der Waals surface area (Å²) >= 11 is 0. The van der Waals surface area contributed by atoms with Crippen LogP contribution in [-0.2, 0) is 6.42 Å². The summed E-state index contributed by atoms with van der Waals surface area (Å²) in [5.41, 5.74) is 3.79. The number of anilines is 2. The van der Waals surface area contributed by atoms with Crippen molar-refractivity contribution in [2.45, 2.75) is 40.0 Å². The van der Waals surface area contributed by atoms with Crippen molar-refractivity contribution in [3.05, 3.63) is 47.2 Å². The summed E-state index contributed by atoms with van der Waals surface area (Å²) in [6.45, 7) is 6.93. The molecule has 1 heterocycles. The highest BCUT2D eigenvalue weighted by molar-refractivity contribution is 5.92. The van der Waals surface area contributed by atoms with Gasteiger partial charge in [0.05, 0.1) is 0 Å². The second kappa shape index (κ2) is 8.27. The van der Waals surface area contributed by atoms with Crippen LogP contribution in [0.4, 0.5) is 11.5 Å². The van der Waals surface area contributed by atoms with Gasteiger partial charge in [0.25, 0.3) is 5.91 Å². The Bertz CT molecular complexity index is 653. The van der Waals surface area contributed by atoms with Gasteiger partial charge in [-0.15, -0.1) is 10.2 Å². The molecule has 5 heteroatoms. The topological polar surface area (TPSA) is 66.9 Å². The zero-order valence-electron chi connectivity index (χ0n) is 14.0. The Hall–Kier alpha value is -2.43. The number of hydrogen-bond acceptors (Lipinski definition) is 4. The lowest BCUT2D eigenvalue weighted by Gasteiger charge is -2.13. The fourth-order valence-electron chi connectivity index (χ4n) is 2.32. The van der Waals surface area contributed by atoms with Gasteiger partial charge >= 0.3 is 0 Å². The van der Waals surface area contributed by atoms with Gasteiger partial charge in [0.1, 0.15) is 0 Å². The van der Waals surface area contributed by atoms with E-state index < -0.39 is 0 Å². The quantitative estimate of drug-likeness (QED) is 0.766. The molecule has 0 saturated carbocycles. The van der Waals surface area contributed by atoms with Crippen molar-refractivity contribution in [3.8, 4) is 0 Å². The Morgan fingerprint density at radius 2 is 1.96 bits per heavy atom. The highest BCUT2D eigenvalue weighted by Crippen LogP contribution is 2.24. The number of rotatable bonds is 7. The molecule has 5 nitrogen and oxygen atoms in total. The number of benzene rings is 1. The first-order chi connectivity index (χ1) is 11.2. The maximum Gasteiger partial charge on any atom is 0.271 e. The van der Waals surface area contributed by atoms with Gasteiger partial charge < -0.3 is 10.6 Å². The zero-order chi connectivity index (χ0) is 16.7. The third-order valence-corrected chi connectivity index (χ3v) is 3.71. The van der Waals surface area contributed by atoms with E-state index in [-0.39, 0.29) is 5.91 Å². The Morgan fingerprint density at radius 1 is 1.13 bits per heavy atom. The largest absolute Gasteiger partial charge is 0.351 e. The van der Waals surface area contributed by atoms with Gasteiger partial charge in [0.15, 0.2) is 11.5 Å². The fraction of sp³-hybridized carbons (Fsp3) is 0.389. The van der Waals surface area contributed by atoms with Crippen LogP contribution in [0.15, 0.2) is 30.3 Å². The Morgan fingerprint density at radius 3 is 2.61 bits per heavy atom. The zero-order valence-corrected chi connectivity index (χ0v) is 14.0. The Labute approximate surface area is 137 Å². The van der Waals surface area contributed by atoms with Gasteiger partial charge in [0, 0.05) is 12.2 Å². The molecule has 0 bridgehead atoms. The van der Waals surface area contributed by atoms with E-state index >= 15 is 0 Å². The van der Waals surface area contributed by atoms with Crippen LogP contribution in [0.1, 0.15) is 48.3 Å². The Balaban J connectivity index is 2.07. The number of aryl methyl sites for hydroxylation is 2. The standard InChI is InChI=1S/C18H24N4O/c1-4-6-12-19-18(23)15-10-11-16(22-21-15)20-17-13(3)8-7-9-14(17)5-2/h7-11H,4-6,12H2,1-3H3,(H,19,23)(H,20,22). The van der Waals surface area contributed by atoms with Gasteiger partial charge in [-0.05, 0) is 43.0 Å². The molecular weight excluding hydrogens is 288 g/mol. The molecule has 0 aliphatic heterocycles. The van der Waals surface area contributed by atoms with Gasteiger partial charge in [0.2, 0.25) is 0 Å². The van der Waals surface area contributed by atoms with Crippen molar-refractivity contribution in [1.82, 2.24) is 15.5 Å². The van der Waals surface area contributed by atoms with Crippen LogP contribution in [0.2, 0.25) is 0 Å². The number of unbranched alkanes of at least 4 members (excludes halogenated alkanes) is 1. The van der Waals surface area contributed by atoms with E-state index in [0.717, 1.165) is 30.5 Å². The van der Waals surface area contributed by atoms with Crippen LogP contribution >= 0.6 is 0 Å². The number of para-hydroxylation sites is 1. The molecule has 2 rings (SSSR count). The predicted octanol–water partition coefficient (Wildman–Crippen LogP) is 3.62. The smallest absolute Gasteiger partial charge is 0.271 e. The van der Waals surface area contributed by atoms with Crippen molar-refractivity contribution in [2.75, 3.05) is 11.9 Å². The number of hydrogen-bond donors (Lipinski definition) is 2. The molecule has 23 heavy (non-hydrogen) atoms. The monoisotopic (exact) mass is 312 g/mol. The van der Waals surface area contributed by atoms with E-state index in [9.17, 15) is 4.79 Å². The van der Waals surface area contributed by atoms with E-state index in [1.807, 2.05) is 0 Å². The fourth-order valence-corrected chi connectivity index (χ4v) is 2.32. The third-order valence-electron chi connectivity index (χ3n) is 3.71. The first kappa shape index (κ1) is 16.9. The van der Waals surface area contributed by atoms with Crippen LogP contribution in [0, 0.1) is 6.92 Å². The minimum atomic E-state index is -0.178. The van der Waals surface area contributed by atoms with Gasteiger partial charge in [-0.2, -0.15) is 0 Å². The molecular formula is C18H24N4O. The Kier molecular flexibility index (Phi) is 6.09. The predicted molar refractivity (Wildman–Crippen MR) is 93.1 cm³/mol. The van der Waals surface area contributed by atoms with Crippen molar-refractivity contribution in [2.24, 2.45) is 0 Å². The van der Waals surface area contributed by atoms with Crippen LogP contribution in [0.5, 0.6) is 0 Å². The van der Waals surface area contributed by atoms with E-state index in [1.165, 1.54) is 5.56 Å². The maximum absolute atomic E-state index is 11.9. The number of nitrogens with one attached hydrogen (secondary N) is 2. The summed E-state index contributed by atoms with van der Waals surface area (Å²) in [6, 6.07) is 9.69. The van der Waals surface area contributed by atoms with Crippen molar-refractivity contribution < 1.29 is 4.79 Å². The first-order valence-electron chi connectivity index (χ1n) is 8.13. The molecule has 122 valence electrons. The molecule has 1 amide bonds. The second-order valence-electron chi connectivity index (χ2n) is 5.50. The van der Waals surface area contributed by atoms with E-state index in [1.54, 1.807) is 12.1 Å². The number of nitrogens with zero attached hydrogens (tertiary/aromatic N) is 2. The van der Waals surface area contributed by atoms with E-state index in [2.05, 4.69) is 59.8 Å². The van der Waals surface area contributed by atoms with Crippen molar-refractivity contribution in [1.29, 1.82) is 0 Å². The molecule has 0 radical (unpaired) electrons. The minimum Gasteiger partial charge on any atom is -0.351 e. The van der Waals surface area contributed by atoms with Crippen LogP contribution in [-0.4, -0.2) is 22.6 Å². The maximum atomic E-state index is 11.9.